The monoisotopic (exact) mass is 443 g/mol. The van der Waals surface area contributed by atoms with E-state index >= 15 is 0 Å². The van der Waals surface area contributed by atoms with Crippen LogP contribution in [0.1, 0.15) is 12.0 Å². The molecule has 0 N–H and O–H groups in total. The van der Waals surface area contributed by atoms with Gasteiger partial charge in [-0.2, -0.15) is 4.31 Å². The molecule has 1 aromatic carbocycles. The first-order valence-corrected chi connectivity index (χ1v) is 12.4. The predicted octanol–water partition coefficient (Wildman–Crippen LogP) is 1.18. The Bertz CT molecular complexity index is 1130. The molecule has 0 unspecified atom stereocenters. The molecule has 2 aromatic rings. The van der Waals surface area contributed by atoms with Crippen molar-refractivity contribution in [2.75, 3.05) is 25.4 Å². The van der Waals surface area contributed by atoms with Crippen molar-refractivity contribution in [2.24, 2.45) is 13.0 Å². The number of hydrogen-bond donors (Lipinski definition) is 0. The van der Waals surface area contributed by atoms with Crippen LogP contribution >= 0.6 is 0 Å². The summed E-state index contributed by atoms with van der Waals surface area (Å²) >= 11 is 0. The third-order valence-electron chi connectivity index (χ3n) is 5.43. The number of nitrogens with zero attached hydrogens (tertiary/aromatic N) is 3. The van der Waals surface area contributed by atoms with Crippen LogP contribution in [0, 0.1) is 5.92 Å². The molecule has 0 aliphatic carbocycles. The normalized spacial score (nSPS) is 23.0. The summed E-state index contributed by atoms with van der Waals surface area (Å²) in [6.07, 6.45) is 2.06. The number of alkyl halides is 1. The highest BCUT2D eigenvalue weighted by atomic mass is 32.2. The minimum absolute atomic E-state index is 0.0666. The van der Waals surface area contributed by atoms with Crippen molar-refractivity contribution in [1.82, 2.24) is 13.9 Å². The molecule has 0 radical (unpaired) electrons. The van der Waals surface area contributed by atoms with Gasteiger partial charge in [0.25, 0.3) is 0 Å². The molecule has 4 rings (SSSR count). The van der Waals surface area contributed by atoms with Crippen LogP contribution < -0.4 is 4.74 Å². The number of imidazole rings is 1. The second kappa shape index (κ2) is 7.37. The van der Waals surface area contributed by atoms with Crippen molar-refractivity contribution in [2.45, 2.75) is 29.1 Å². The highest BCUT2D eigenvalue weighted by molar-refractivity contribution is 7.91. The number of aromatic nitrogens is 2. The highest BCUT2D eigenvalue weighted by Gasteiger charge is 2.39. The van der Waals surface area contributed by atoms with Crippen LogP contribution in [0.15, 0.2) is 40.6 Å². The fourth-order valence-corrected chi connectivity index (χ4v) is 7.14. The van der Waals surface area contributed by atoms with E-state index in [0.717, 1.165) is 9.87 Å². The maximum Gasteiger partial charge on any atom is 0.243 e. The summed E-state index contributed by atoms with van der Waals surface area (Å²) in [4.78, 5) is 3.94. The Kier molecular flexibility index (Phi) is 5.16. The number of sulfone groups is 1. The Hall–Kier alpha value is -1.98. The van der Waals surface area contributed by atoms with Crippen LogP contribution in [0.3, 0.4) is 0 Å². The molecule has 2 aliphatic rings. The lowest BCUT2D eigenvalue weighted by molar-refractivity contribution is 0.145. The molecule has 1 aromatic heterocycles. The molecule has 0 saturated carbocycles. The molecule has 2 aliphatic heterocycles. The van der Waals surface area contributed by atoms with E-state index in [0.29, 0.717) is 18.8 Å². The molecule has 3 heterocycles. The molecule has 29 heavy (non-hydrogen) atoms. The minimum Gasteiger partial charge on any atom is -0.493 e. The van der Waals surface area contributed by atoms with Crippen LogP contribution in [-0.2, 0) is 33.3 Å². The van der Waals surface area contributed by atoms with Gasteiger partial charge in [-0.3, -0.25) is 0 Å². The van der Waals surface area contributed by atoms with Crippen molar-refractivity contribution >= 4 is 19.9 Å². The zero-order valence-electron chi connectivity index (χ0n) is 15.9. The van der Waals surface area contributed by atoms with Crippen LogP contribution in [0.2, 0.25) is 0 Å². The summed E-state index contributed by atoms with van der Waals surface area (Å²) in [5.41, 5.74) is 0.818. The SMILES string of the molecule is Cn1ccnc1S(=O)(=O)C[C@H]1CCN(S(=O)(=O)c2ccc3c(c2)CCO3)C[C@@H]1F. The largest absolute Gasteiger partial charge is 0.493 e. The van der Waals surface area contributed by atoms with E-state index in [9.17, 15) is 21.2 Å². The molecule has 0 bridgehead atoms. The van der Waals surface area contributed by atoms with Gasteiger partial charge in [0.05, 0.1) is 17.3 Å². The van der Waals surface area contributed by atoms with Gasteiger partial charge in [0.15, 0.2) is 0 Å². The topological polar surface area (TPSA) is 98.6 Å². The Morgan fingerprint density at radius 1 is 1.28 bits per heavy atom. The summed E-state index contributed by atoms with van der Waals surface area (Å²) in [7, 11) is -6.06. The Morgan fingerprint density at radius 3 is 2.76 bits per heavy atom. The Balaban J connectivity index is 1.48. The summed E-state index contributed by atoms with van der Waals surface area (Å²) in [5.74, 6) is -0.509. The highest BCUT2D eigenvalue weighted by Crippen LogP contribution is 2.31. The first-order chi connectivity index (χ1) is 13.7. The second-order valence-electron chi connectivity index (χ2n) is 7.40. The molecule has 0 spiro atoms. The van der Waals surface area contributed by atoms with Crippen molar-refractivity contribution in [3.05, 3.63) is 36.2 Å². The summed E-state index contributed by atoms with van der Waals surface area (Å²) in [5, 5.41) is -0.111. The lowest BCUT2D eigenvalue weighted by atomic mass is 9.98. The maximum atomic E-state index is 14.8. The molecule has 2 atom stereocenters. The number of fused-ring (bicyclic) bond motifs is 1. The van der Waals surface area contributed by atoms with Gasteiger partial charge in [0.2, 0.25) is 25.0 Å². The van der Waals surface area contributed by atoms with Gasteiger partial charge in [-0.05, 0) is 30.2 Å². The first kappa shape index (κ1) is 20.3. The fourth-order valence-electron chi connectivity index (χ4n) is 3.81. The van der Waals surface area contributed by atoms with E-state index in [1.165, 1.54) is 23.0 Å². The van der Waals surface area contributed by atoms with E-state index in [-0.39, 0.29) is 29.6 Å². The third kappa shape index (κ3) is 3.78. The van der Waals surface area contributed by atoms with Crippen LogP contribution in [-0.4, -0.2) is 62.3 Å². The quantitative estimate of drug-likeness (QED) is 0.688. The van der Waals surface area contributed by atoms with Crippen molar-refractivity contribution < 1.29 is 26.0 Å². The third-order valence-corrected chi connectivity index (χ3v) is 9.10. The van der Waals surface area contributed by atoms with Crippen LogP contribution in [0.5, 0.6) is 5.75 Å². The van der Waals surface area contributed by atoms with Gasteiger partial charge in [-0.15, -0.1) is 0 Å². The van der Waals surface area contributed by atoms with E-state index in [1.807, 2.05) is 0 Å². The number of benzene rings is 1. The van der Waals surface area contributed by atoms with Crippen LogP contribution in [0.25, 0.3) is 0 Å². The number of piperidine rings is 1. The number of halogens is 1. The number of hydrogen-bond acceptors (Lipinski definition) is 6. The lowest BCUT2D eigenvalue weighted by Crippen LogP contribution is -2.46. The zero-order chi connectivity index (χ0) is 20.8. The van der Waals surface area contributed by atoms with Crippen molar-refractivity contribution in [1.29, 1.82) is 0 Å². The molecule has 11 heteroatoms. The van der Waals surface area contributed by atoms with Gasteiger partial charge >= 0.3 is 0 Å². The lowest BCUT2D eigenvalue weighted by Gasteiger charge is -2.33. The average molecular weight is 444 g/mol. The van der Waals surface area contributed by atoms with Crippen molar-refractivity contribution in [3.63, 3.8) is 0 Å². The Labute approximate surface area is 169 Å². The van der Waals surface area contributed by atoms with Crippen molar-refractivity contribution in [3.8, 4) is 5.75 Å². The first-order valence-electron chi connectivity index (χ1n) is 9.28. The van der Waals surface area contributed by atoms with Crippen LogP contribution in [0.4, 0.5) is 4.39 Å². The number of sulfonamides is 1. The average Bonchev–Trinajstić information content (AvgIpc) is 3.31. The zero-order valence-corrected chi connectivity index (χ0v) is 17.5. The van der Waals surface area contributed by atoms with E-state index in [1.54, 1.807) is 19.2 Å². The molecular weight excluding hydrogens is 421 g/mol. The molecule has 1 saturated heterocycles. The van der Waals surface area contributed by atoms with Gasteiger partial charge in [0.1, 0.15) is 11.9 Å². The number of ether oxygens (including phenoxy) is 1. The summed E-state index contributed by atoms with van der Waals surface area (Å²) < 4.78 is 73.7. The predicted molar refractivity (Wildman–Crippen MR) is 103 cm³/mol. The minimum atomic E-state index is -3.86. The van der Waals surface area contributed by atoms with Gasteiger partial charge in [0, 0.05) is 44.9 Å². The van der Waals surface area contributed by atoms with Gasteiger partial charge in [-0.1, -0.05) is 0 Å². The smallest absolute Gasteiger partial charge is 0.243 e. The molecule has 0 amide bonds. The number of rotatable bonds is 5. The number of aryl methyl sites for hydroxylation is 1. The molecule has 1 fully saturated rings. The Morgan fingerprint density at radius 2 is 2.07 bits per heavy atom. The summed E-state index contributed by atoms with van der Waals surface area (Å²) in [6, 6.07) is 4.65. The standard InChI is InChI=1S/C18H22FN3O5S2/c1-21-8-6-20-18(21)28(23,24)12-14-4-7-22(11-16(14)19)29(25,26)15-2-3-17-13(10-15)5-9-27-17/h2-3,6,8,10,14,16H,4-5,7,9,11-12H2,1H3/t14-,16+/m1/s1. The fraction of sp³-hybridized carbons (Fsp3) is 0.500. The summed E-state index contributed by atoms with van der Waals surface area (Å²) in [6.45, 7) is 0.217. The van der Waals surface area contributed by atoms with Gasteiger partial charge in [-0.25, -0.2) is 26.2 Å². The molecule has 8 nitrogen and oxygen atoms in total. The van der Waals surface area contributed by atoms with E-state index in [4.69, 9.17) is 4.74 Å². The molecule has 158 valence electrons. The van der Waals surface area contributed by atoms with Gasteiger partial charge < -0.3 is 9.30 Å². The molecular formula is C18H22FN3O5S2. The second-order valence-corrected chi connectivity index (χ2v) is 11.3. The maximum absolute atomic E-state index is 14.8. The van der Waals surface area contributed by atoms with E-state index in [2.05, 4.69) is 4.98 Å². The van der Waals surface area contributed by atoms with E-state index < -0.39 is 37.7 Å².